The summed E-state index contributed by atoms with van der Waals surface area (Å²) in [5.74, 6) is 0.377. The van der Waals surface area contributed by atoms with E-state index in [1.807, 2.05) is 25.1 Å². The van der Waals surface area contributed by atoms with Gasteiger partial charge in [0.2, 0.25) is 0 Å². The van der Waals surface area contributed by atoms with Crippen LogP contribution < -0.4 is 4.90 Å². The highest BCUT2D eigenvalue weighted by Gasteiger charge is 2.24. The lowest BCUT2D eigenvalue weighted by molar-refractivity contribution is 0.174. The van der Waals surface area contributed by atoms with Crippen molar-refractivity contribution in [3.63, 3.8) is 0 Å². The maximum absolute atomic E-state index is 10.0. The molecule has 0 saturated carbocycles. The lowest BCUT2D eigenvalue weighted by Crippen LogP contribution is -2.22. The van der Waals surface area contributed by atoms with Crippen molar-refractivity contribution in [3.8, 4) is 0 Å². The summed E-state index contributed by atoms with van der Waals surface area (Å²) in [6.45, 7) is 4.11. The van der Waals surface area contributed by atoms with E-state index < -0.39 is 0 Å². The number of hydrogen-bond acceptors (Lipinski definition) is 3. The third-order valence-corrected chi connectivity index (χ3v) is 3.57. The first kappa shape index (κ1) is 12.4. The molecule has 3 heteroatoms. The Morgan fingerprint density at radius 3 is 2.82 bits per heavy atom. The Morgan fingerprint density at radius 1 is 1.41 bits per heavy atom. The Bertz CT molecular complexity index is 367. The number of rotatable bonds is 4. The van der Waals surface area contributed by atoms with Crippen molar-refractivity contribution in [1.82, 2.24) is 0 Å². The lowest BCUT2D eigenvalue weighted by Gasteiger charge is -2.23. The van der Waals surface area contributed by atoms with Crippen molar-refractivity contribution in [1.29, 1.82) is 0 Å². The molecule has 0 spiro atoms. The summed E-state index contributed by atoms with van der Waals surface area (Å²) in [5.41, 5.74) is 2.13. The van der Waals surface area contributed by atoms with Crippen molar-refractivity contribution in [3.05, 3.63) is 29.8 Å². The smallest absolute Gasteiger partial charge is 0.0807 e. The monoisotopic (exact) mass is 235 g/mol. The second-order valence-corrected chi connectivity index (χ2v) is 4.77. The number of aliphatic hydroxyl groups excluding tert-OH is 2. The summed E-state index contributed by atoms with van der Waals surface area (Å²) in [6, 6.07) is 8.04. The van der Waals surface area contributed by atoms with Gasteiger partial charge in [0, 0.05) is 36.9 Å². The van der Waals surface area contributed by atoms with Crippen LogP contribution in [0.4, 0.5) is 5.69 Å². The van der Waals surface area contributed by atoms with Crippen LogP contribution in [0.3, 0.4) is 0 Å². The summed E-state index contributed by atoms with van der Waals surface area (Å²) >= 11 is 0. The Balaban J connectivity index is 2.20. The van der Waals surface area contributed by atoms with Crippen molar-refractivity contribution in [2.24, 2.45) is 5.92 Å². The van der Waals surface area contributed by atoms with Crippen LogP contribution in [0.2, 0.25) is 0 Å². The summed E-state index contributed by atoms with van der Waals surface area (Å²) in [6.07, 6.45) is 1.38. The predicted octanol–water partition coefficient (Wildman–Crippen LogP) is 1.95. The number of nitrogens with zero attached hydrogens (tertiary/aromatic N) is 1. The summed E-state index contributed by atoms with van der Waals surface area (Å²) < 4.78 is 0. The van der Waals surface area contributed by atoms with Gasteiger partial charge in [0.05, 0.1) is 6.10 Å². The molecule has 1 aromatic carbocycles. The van der Waals surface area contributed by atoms with Gasteiger partial charge in [-0.05, 0) is 18.9 Å². The summed E-state index contributed by atoms with van der Waals surface area (Å²) in [7, 11) is 0. The van der Waals surface area contributed by atoms with Crippen LogP contribution in [0.15, 0.2) is 24.3 Å². The molecule has 1 aliphatic heterocycles. The van der Waals surface area contributed by atoms with Gasteiger partial charge in [-0.1, -0.05) is 25.1 Å². The largest absolute Gasteiger partial charge is 0.396 e. The summed E-state index contributed by atoms with van der Waals surface area (Å²) in [4.78, 5) is 2.27. The zero-order valence-corrected chi connectivity index (χ0v) is 10.3. The standard InChI is InChI=1S/C14H21NO2/c1-2-14(17)12-5-3-4-6-13(12)15-8-7-11(9-15)10-16/h3-6,11,14,16-17H,2,7-10H2,1H3/t11?,14-/m0/s1. The maximum Gasteiger partial charge on any atom is 0.0807 e. The molecule has 1 saturated heterocycles. The second kappa shape index (κ2) is 5.52. The molecular weight excluding hydrogens is 214 g/mol. The molecule has 0 amide bonds. The van der Waals surface area contributed by atoms with Gasteiger partial charge in [0.1, 0.15) is 0 Å². The van der Waals surface area contributed by atoms with Crippen LogP contribution in [0.1, 0.15) is 31.4 Å². The van der Waals surface area contributed by atoms with Gasteiger partial charge in [0.15, 0.2) is 0 Å². The van der Waals surface area contributed by atoms with E-state index in [0.717, 1.165) is 37.2 Å². The molecule has 0 aromatic heterocycles. The molecule has 94 valence electrons. The van der Waals surface area contributed by atoms with Gasteiger partial charge in [-0.2, -0.15) is 0 Å². The highest BCUT2D eigenvalue weighted by atomic mass is 16.3. The highest BCUT2D eigenvalue weighted by Crippen LogP contribution is 2.31. The minimum atomic E-state index is -0.389. The van der Waals surface area contributed by atoms with E-state index in [1.165, 1.54) is 0 Å². The fourth-order valence-corrected chi connectivity index (χ4v) is 2.48. The van der Waals surface area contributed by atoms with Gasteiger partial charge >= 0.3 is 0 Å². The van der Waals surface area contributed by atoms with Crippen LogP contribution in [0, 0.1) is 5.92 Å². The van der Waals surface area contributed by atoms with Crippen LogP contribution in [0.25, 0.3) is 0 Å². The van der Waals surface area contributed by atoms with Crippen molar-refractivity contribution in [2.45, 2.75) is 25.9 Å². The number of hydrogen-bond donors (Lipinski definition) is 2. The average molecular weight is 235 g/mol. The van der Waals surface area contributed by atoms with E-state index >= 15 is 0 Å². The molecule has 1 aromatic rings. The third kappa shape index (κ3) is 2.61. The Hall–Kier alpha value is -1.06. The van der Waals surface area contributed by atoms with E-state index in [1.54, 1.807) is 0 Å². The number of para-hydroxylation sites is 1. The minimum Gasteiger partial charge on any atom is -0.396 e. The molecular formula is C14H21NO2. The van der Waals surface area contributed by atoms with Gasteiger partial charge in [-0.15, -0.1) is 0 Å². The molecule has 1 heterocycles. The third-order valence-electron chi connectivity index (χ3n) is 3.57. The Morgan fingerprint density at radius 2 is 2.18 bits per heavy atom. The van der Waals surface area contributed by atoms with E-state index in [2.05, 4.69) is 11.0 Å². The van der Waals surface area contributed by atoms with Crippen LogP contribution in [-0.4, -0.2) is 29.9 Å². The second-order valence-electron chi connectivity index (χ2n) is 4.77. The zero-order valence-electron chi connectivity index (χ0n) is 10.3. The van der Waals surface area contributed by atoms with E-state index in [-0.39, 0.29) is 12.7 Å². The van der Waals surface area contributed by atoms with Crippen LogP contribution in [0.5, 0.6) is 0 Å². The molecule has 2 atom stereocenters. The van der Waals surface area contributed by atoms with Crippen LogP contribution in [-0.2, 0) is 0 Å². The molecule has 17 heavy (non-hydrogen) atoms. The van der Waals surface area contributed by atoms with Crippen molar-refractivity contribution in [2.75, 3.05) is 24.6 Å². The first-order chi connectivity index (χ1) is 8.26. The lowest BCUT2D eigenvalue weighted by atomic mass is 10.0. The first-order valence-electron chi connectivity index (χ1n) is 6.39. The molecule has 0 bridgehead atoms. The van der Waals surface area contributed by atoms with Crippen molar-refractivity contribution < 1.29 is 10.2 Å². The van der Waals surface area contributed by atoms with E-state index in [4.69, 9.17) is 0 Å². The van der Waals surface area contributed by atoms with Gasteiger partial charge in [0.25, 0.3) is 0 Å². The van der Waals surface area contributed by atoms with Gasteiger partial charge in [-0.3, -0.25) is 0 Å². The number of aliphatic hydroxyl groups is 2. The van der Waals surface area contributed by atoms with Gasteiger partial charge < -0.3 is 15.1 Å². The summed E-state index contributed by atoms with van der Waals surface area (Å²) in [5, 5.41) is 19.2. The minimum absolute atomic E-state index is 0.259. The fourth-order valence-electron chi connectivity index (χ4n) is 2.48. The number of anilines is 1. The van der Waals surface area contributed by atoms with Crippen molar-refractivity contribution >= 4 is 5.69 Å². The molecule has 3 nitrogen and oxygen atoms in total. The maximum atomic E-state index is 10.0. The molecule has 1 aliphatic rings. The molecule has 1 unspecified atom stereocenters. The van der Waals surface area contributed by atoms with Gasteiger partial charge in [-0.25, -0.2) is 0 Å². The van der Waals surface area contributed by atoms with E-state index in [0.29, 0.717) is 5.92 Å². The zero-order chi connectivity index (χ0) is 12.3. The average Bonchev–Trinajstić information content (AvgIpc) is 2.86. The molecule has 0 radical (unpaired) electrons. The Kier molecular flexibility index (Phi) is 4.02. The topological polar surface area (TPSA) is 43.7 Å². The van der Waals surface area contributed by atoms with E-state index in [9.17, 15) is 10.2 Å². The first-order valence-corrected chi connectivity index (χ1v) is 6.39. The number of benzene rings is 1. The highest BCUT2D eigenvalue weighted by molar-refractivity contribution is 5.55. The molecule has 2 N–H and O–H groups in total. The molecule has 2 rings (SSSR count). The molecule has 0 aliphatic carbocycles. The molecule has 1 fully saturated rings. The predicted molar refractivity (Wildman–Crippen MR) is 69.1 cm³/mol. The fraction of sp³-hybridized carbons (Fsp3) is 0.571. The quantitative estimate of drug-likeness (QED) is 0.838. The SMILES string of the molecule is CC[C@H](O)c1ccccc1N1CCC(CO)C1. The van der Waals surface area contributed by atoms with Crippen LogP contribution >= 0.6 is 0 Å². The Labute approximate surface area is 103 Å². The normalized spacial score (nSPS) is 21.8.